The minimum atomic E-state index is -0.123. The van der Waals surface area contributed by atoms with Crippen LogP contribution in [0.25, 0.3) is 0 Å². The predicted molar refractivity (Wildman–Crippen MR) is 96.2 cm³/mol. The van der Waals surface area contributed by atoms with Crippen LogP contribution in [0.1, 0.15) is 90.9 Å². The lowest BCUT2D eigenvalue weighted by atomic mass is 9.75. The van der Waals surface area contributed by atoms with Crippen molar-refractivity contribution in [1.29, 1.82) is 0 Å². The van der Waals surface area contributed by atoms with Gasteiger partial charge in [0.15, 0.2) is 0 Å². The summed E-state index contributed by atoms with van der Waals surface area (Å²) in [6.45, 7) is 4.51. The minimum absolute atomic E-state index is 0.123. The topological polar surface area (TPSA) is 26.3 Å². The summed E-state index contributed by atoms with van der Waals surface area (Å²) in [5, 5.41) is -0.123. The standard InChI is InChI=1S/C19H36O2Si/c1-3-9-17(15-10-5-6-11-15)19(22,14-4-2)18(20)21-16-12-7-8-13-16/h15-17H,3-14H2,1-2,22H3. The zero-order valence-corrected chi connectivity index (χ0v) is 17.0. The molecule has 2 aliphatic rings. The lowest BCUT2D eigenvalue weighted by Gasteiger charge is -2.40. The Balaban J connectivity index is 2.12. The fourth-order valence-electron chi connectivity index (χ4n) is 5.00. The van der Waals surface area contributed by atoms with Gasteiger partial charge in [0.2, 0.25) is 0 Å². The van der Waals surface area contributed by atoms with Gasteiger partial charge in [-0.25, -0.2) is 0 Å². The summed E-state index contributed by atoms with van der Waals surface area (Å²) in [5.74, 6) is 1.54. The van der Waals surface area contributed by atoms with Crippen molar-refractivity contribution >= 4 is 16.2 Å². The maximum atomic E-state index is 13.1. The number of rotatable bonds is 8. The number of esters is 1. The Kier molecular flexibility index (Phi) is 6.98. The highest BCUT2D eigenvalue weighted by atomic mass is 28.1. The Morgan fingerprint density at radius 3 is 2.23 bits per heavy atom. The van der Waals surface area contributed by atoms with Crippen molar-refractivity contribution < 1.29 is 9.53 Å². The van der Waals surface area contributed by atoms with Crippen LogP contribution >= 0.6 is 0 Å². The van der Waals surface area contributed by atoms with Gasteiger partial charge in [0, 0.05) is 10.2 Å². The molecular weight excluding hydrogens is 288 g/mol. The van der Waals surface area contributed by atoms with Crippen LogP contribution in [0.3, 0.4) is 0 Å². The summed E-state index contributed by atoms with van der Waals surface area (Å²) in [6, 6.07) is 0. The third-order valence-electron chi connectivity index (χ3n) is 6.20. The highest BCUT2D eigenvalue weighted by molar-refractivity contribution is 6.27. The first-order valence-electron chi connectivity index (χ1n) is 9.82. The minimum Gasteiger partial charge on any atom is -0.462 e. The molecular formula is C19H36O2Si. The van der Waals surface area contributed by atoms with E-state index in [1.807, 2.05) is 0 Å². The van der Waals surface area contributed by atoms with Crippen LogP contribution in [0, 0.1) is 11.8 Å². The van der Waals surface area contributed by atoms with Gasteiger partial charge < -0.3 is 4.74 Å². The van der Waals surface area contributed by atoms with Crippen LogP contribution in [-0.2, 0) is 9.53 Å². The quantitative estimate of drug-likeness (QED) is 0.488. The molecule has 22 heavy (non-hydrogen) atoms. The van der Waals surface area contributed by atoms with Crippen LogP contribution < -0.4 is 0 Å². The molecule has 0 amide bonds. The SMILES string of the molecule is CCCC(C1CCCC1)C([SiH3])(CCC)C(=O)OC1CCCC1. The van der Waals surface area contributed by atoms with Crippen LogP contribution in [0.5, 0.6) is 0 Å². The molecule has 0 aromatic heterocycles. The zero-order valence-electron chi connectivity index (χ0n) is 15.0. The van der Waals surface area contributed by atoms with E-state index in [0.717, 1.165) is 41.8 Å². The van der Waals surface area contributed by atoms with E-state index in [4.69, 9.17) is 4.74 Å². The molecule has 0 spiro atoms. The molecule has 2 rings (SSSR count). The first kappa shape index (κ1) is 18.0. The molecule has 0 bridgehead atoms. The molecule has 0 heterocycles. The summed E-state index contributed by atoms with van der Waals surface area (Å²) < 4.78 is 6.01. The molecule has 2 unspecified atom stereocenters. The fourth-order valence-corrected chi connectivity index (χ4v) is 6.37. The Morgan fingerprint density at radius 2 is 1.68 bits per heavy atom. The number of carbonyl (C=O) groups is 1. The molecule has 128 valence electrons. The van der Waals surface area contributed by atoms with E-state index < -0.39 is 0 Å². The monoisotopic (exact) mass is 324 g/mol. The summed E-state index contributed by atoms with van der Waals surface area (Å²) in [4.78, 5) is 13.1. The van der Waals surface area contributed by atoms with Gasteiger partial charge in [-0.1, -0.05) is 52.4 Å². The molecule has 2 fully saturated rings. The summed E-state index contributed by atoms with van der Waals surface area (Å²) in [6.07, 6.45) is 14.9. The number of ether oxygens (including phenoxy) is 1. The molecule has 2 atom stereocenters. The van der Waals surface area contributed by atoms with E-state index in [1.54, 1.807) is 0 Å². The van der Waals surface area contributed by atoms with Gasteiger partial charge in [-0.2, -0.15) is 0 Å². The van der Waals surface area contributed by atoms with Crippen molar-refractivity contribution in [2.45, 2.75) is 102 Å². The van der Waals surface area contributed by atoms with Gasteiger partial charge in [-0.3, -0.25) is 4.79 Å². The van der Waals surface area contributed by atoms with Gasteiger partial charge in [0.25, 0.3) is 0 Å². The van der Waals surface area contributed by atoms with Crippen LogP contribution in [0.4, 0.5) is 0 Å². The Bertz CT molecular complexity index is 345. The van der Waals surface area contributed by atoms with E-state index in [2.05, 4.69) is 13.8 Å². The Labute approximate surface area is 140 Å². The zero-order chi connectivity index (χ0) is 16.0. The number of hydrogen-bond acceptors (Lipinski definition) is 2. The molecule has 3 heteroatoms. The molecule has 2 nitrogen and oxygen atoms in total. The van der Waals surface area contributed by atoms with E-state index in [0.29, 0.717) is 5.92 Å². The smallest absolute Gasteiger partial charge is 0.308 e. The molecule has 2 aliphatic carbocycles. The van der Waals surface area contributed by atoms with Gasteiger partial charge in [0.1, 0.15) is 6.10 Å². The Morgan fingerprint density at radius 1 is 1.09 bits per heavy atom. The molecule has 2 saturated carbocycles. The molecule has 0 N–H and O–H groups in total. The fraction of sp³-hybridized carbons (Fsp3) is 0.947. The summed E-state index contributed by atoms with van der Waals surface area (Å²) in [7, 11) is 0.951. The normalized spacial score (nSPS) is 24.5. The van der Waals surface area contributed by atoms with E-state index >= 15 is 0 Å². The lowest BCUT2D eigenvalue weighted by Crippen LogP contribution is -2.39. The summed E-state index contributed by atoms with van der Waals surface area (Å²) in [5.41, 5.74) is 0. The van der Waals surface area contributed by atoms with Gasteiger partial charge >= 0.3 is 5.97 Å². The van der Waals surface area contributed by atoms with Crippen molar-refractivity contribution in [2.75, 3.05) is 0 Å². The van der Waals surface area contributed by atoms with Gasteiger partial charge in [-0.15, -0.1) is 0 Å². The van der Waals surface area contributed by atoms with Crippen molar-refractivity contribution in [1.82, 2.24) is 0 Å². The van der Waals surface area contributed by atoms with E-state index in [1.165, 1.54) is 51.4 Å². The lowest BCUT2D eigenvalue weighted by molar-refractivity contribution is -0.155. The largest absolute Gasteiger partial charge is 0.462 e. The van der Waals surface area contributed by atoms with Gasteiger partial charge in [-0.05, 0) is 50.4 Å². The highest BCUT2D eigenvalue weighted by Crippen LogP contribution is 2.50. The van der Waals surface area contributed by atoms with Gasteiger partial charge in [0.05, 0.1) is 5.04 Å². The third kappa shape index (κ3) is 4.15. The molecule has 0 radical (unpaired) electrons. The van der Waals surface area contributed by atoms with E-state index in [-0.39, 0.29) is 17.1 Å². The second-order valence-corrected chi connectivity index (χ2v) is 9.70. The van der Waals surface area contributed by atoms with Crippen molar-refractivity contribution in [3.63, 3.8) is 0 Å². The maximum absolute atomic E-state index is 13.1. The average molecular weight is 325 g/mol. The highest BCUT2D eigenvalue weighted by Gasteiger charge is 2.45. The van der Waals surface area contributed by atoms with Crippen molar-refractivity contribution in [3.05, 3.63) is 0 Å². The third-order valence-corrected chi connectivity index (χ3v) is 7.85. The average Bonchev–Trinajstić information content (AvgIpc) is 3.18. The summed E-state index contributed by atoms with van der Waals surface area (Å²) >= 11 is 0. The van der Waals surface area contributed by atoms with Crippen molar-refractivity contribution in [2.24, 2.45) is 11.8 Å². The molecule has 0 aromatic rings. The van der Waals surface area contributed by atoms with Crippen LogP contribution in [-0.4, -0.2) is 22.3 Å². The molecule has 0 saturated heterocycles. The first-order chi connectivity index (χ1) is 10.6. The molecule has 0 aromatic carbocycles. The number of hydrogen-bond donors (Lipinski definition) is 0. The van der Waals surface area contributed by atoms with Crippen molar-refractivity contribution in [3.8, 4) is 0 Å². The second kappa shape index (κ2) is 8.51. The van der Waals surface area contributed by atoms with E-state index in [9.17, 15) is 4.79 Å². The predicted octanol–water partition coefficient (Wildman–Crippen LogP) is 4.40. The van der Waals surface area contributed by atoms with Crippen LogP contribution in [0.2, 0.25) is 5.04 Å². The molecule has 0 aliphatic heterocycles. The Hall–Kier alpha value is -0.313. The first-order valence-corrected chi connectivity index (χ1v) is 10.8. The number of carbonyl (C=O) groups excluding carboxylic acids is 1. The van der Waals surface area contributed by atoms with Crippen LogP contribution in [0.15, 0.2) is 0 Å². The maximum Gasteiger partial charge on any atom is 0.308 e. The second-order valence-electron chi connectivity index (χ2n) is 7.92.